The van der Waals surface area contributed by atoms with E-state index in [0.717, 1.165) is 5.75 Å². The Bertz CT molecular complexity index is 600. The summed E-state index contributed by atoms with van der Waals surface area (Å²) in [6, 6.07) is 18.4. The van der Waals surface area contributed by atoms with Crippen molar-refractivity contribution < 1.29 is 14.3 Å². The van der Waals surface area contributed by atoms with Crippen LogP contribution in [0.4, 0.5) is 5.69 Å². The summed E-state index contributed by atoms with van der Waals surface area (Å²) in [6.07, 6.45) is 0.202. The van der Waals surface area contributed by atoms with Crippen molar-refractivity contribution in [2.75, 3.05) is 18.5 Å². The fourth-order valence-electron chi connectivity index (χ4n) is 1.77. The third kappa shape index (κ3) is 5.66. The monoisotopic (exact) mass is 298 g/mol. The lowest BCUT2D eigenvalue weighted by Crippen LogP contribution is -2.33. The Morgan fingerprint density at radius 1 is 0.864 bits per heavy atom. The molecule has 0 unspecified atom stereocenters. The van der Waals surface area contributed by atoms with E-state index >= 15 is 0 Å². The quantitative estimate of drug-likeness (QED) is 0.823. The highest BCUT2D eigenvalue weighted by Crippen LogP contribution is 2.08. The average molecular weight is 298 g/mol. The van der Waals surface area contributed by atoms with Crippen LogP contribution in [0.15, 0.2) is 60.7 Å². The Morgan fingerprint density at radius 3 is 2.18 bits per heavy atom. The van der Waals surface area contributed by atoms with Crippen molar-refractivity contribution in [3.63, 3.8) is 0 Å². The van der Waals surface area contributed by atoms with Crippen molar-refractivity contribution in [2.24, 2.45) is 0 Å². The average Bonchev–Trinajstić information content (AvgIpc) is 2.55. The van der Waals surface area contributed by atoms with Gasteiger partial charge in [0.1, 0.15) is 5.75 Å². The van der Waals surface area contributed by atoms with E-state index in [1.165, 1.54) is 0 Å². The van der Waals surface area contributed by atoms with E-state index in [-0.39, 0.29) is 31.4 Å². The van der Waals surface area contributed by atoms with Crippen molar-refractivity contribution >= 4 is 17.5 Å². The van der Waals surface area contributed by atoms with Crippen molar-refractivity contribution in [3.8, 4) is 5.75 Å². The van der Waals surface area contributed by atoms with Crippen LogP contribution in [0.2, 0.25) is 0 Å². The highest BCUT2D eigenvalue weighted by molar-refractivity contribution is 5.94. The van der Waals surface area contributed by atoms with Crippen LogP contribution in [0.5, 0.6) is 5.75 Å². The van der Waals surface area contributed by atoms with Crippen molar-refractivity contribution in [2.45, 2.75) is 6.42 Å². The number of amides is 2. The van der Waals surface area contributed by atoms with E-state index in [2.05, 4.69) is 10.6 Å². The Hall–Kier alpha value is -2.82. The Labute approximate surface area is 129 Å². The normalized spacial score (nSPS) is 9.82. The molecule has 0 spiro atoms. The van der Waals surface area contributed by atoms with E-state index in [1.54, 1.807) is 12.1 Å². The van der Waals surface area contributed by atoms with Gasteiger partial charge in [-0.3, -0.25) is 9.59 Å². The first-order valence-electron chi connectivity index (χ1n) is 7.03. The van der Waals surface area contributed by atoms with Crippen LogP contribution in [-0.2, 0) is 9.59 Å². The molecule has 2 N–H and O–H groups in total. The molecule has 2 rings (SSSR count). The van der Waals surface area contributed by atoms with Gasteiger partial charge >= 0.3 is 0 Å². The maximum atomic E-state index is 11.7. The molecule has 2 aromatic rings. The standard InChI is InChI=1S/C17H18N2O3/c20-16(11-12-22-15-9-5-2-6-10-15)18-13-17(21)19-14-7-3-1-4-8-14/h1-10H,11-13H2,(H,18,20)(H,19,21). The summed E-state index contributed by atoms with van der Waals surface area (Å²) in [5.41, 5.74) is 0.703. The second-order valence-electron chi connectivity index (χ2n) is 4.60. The molecule has 0 atom stereocenters. The minimum absolute atomic E-state index is 0.0565. The molecule has 0 heterocycles. The third-order valence-corrected chi connectivity index (χ3v) is 2.84. The van der Waals surface area contributed by atoms with Gasteiger partial charge in [0.05, 0.1) is 19.6 Å². The first kappa shape index (κ1) is 15.6. The fraction of sp³-hybridized carbons (Fsp3) is 0.176. The summed E-state index contributed by atoms with van der Waals surface area (Å²) in [4.78, 5) is 23.3. The molecule has 114 valence electrons. The smallest absolute Gasteiger partial charge is 0.243 e. The first-order valence-corrected chi connectivity index (χ1v) is 7.03. The van der Waals surface area contributed by atoms with E-state index < -0.39 is 0 Å². The lowest BCUT2D eigenvalue weighted by Gasteiger charge is -2.08. The number of carbonyl (C=O) groups is 2. The van der Waals surface area contributed by atoms with E-state index in [4.69, 9.17) is 4.74 Å². The predicted molar refractivity (Wildman–Crippen MR) is 84.6 cm³/mol. The molecule has 0 saturated carbocycles. The minimum Gasteiger partial charge on any atom is -0.493 e. The van der Waals surface area contributed by atoms with Gasteiger partial charge in [0.25, 0.3) is 0 Å². The number of anilines is 1. The van der Waals surface area contributed by atoms with Gasteiger partial charge in [0.2, 0.25) is 11.8 Å². The summed E-state index contributed by atoms with van der Waals surface area (Å²) in [6.45, 7) is 0.217. The van der Waals surface area contributed by atoms with Gasteiger partial charge in [-0.1, -0.05) is 36.4 Å². The van der Waals surface area contributed by atoms with Gasteiger partial charge in [-0.2, -0.15) is 0 Å². The molecule has 0 aliphatic rings. The number of nitrogens with one attached hydrogen (secondary N) is 2. The second kappa shape index (κ2) is 8.46. The van der Waals surface area contributed by atoms with Crippen LogP contribution in [-0.4, -0.2) is 25.0 Å². The number of hydrogen-bond acceptors (Lipinski definition) is 3. The fourth-order valence-corrected chi connectivity index (χ4v) is 1.77. The van der Waals surface area contributed by atoms with Crippen molar-refractivity contribution in [1.82, 2.24) is 5.32 Å². The molecule has 2 aromatic carbocycles. The van der Waals surface area contributed by atoms with Crippen LogP contribution in [0, 0.1) is 0 Å². The first-order chi connectivity index (χ1) is 10.7. The van der Waals surface area contributed by atoms with Gasteiger partial charge in [-0.15, -0.1) is 0 Å². The second-order valence-corrected chi connectivity index (χ2v) is 4.60. The third-order valence-electron chi connectivity index (χ3n) is 2.84. The van der Waals surface area contributed by atoms with Gasteiger partial charge < -0.3 is 15.4 Å². The molecular formula is C17H18N2O3. The number of benzene rings is 2. The molecule has 22 heavy (non-hydrogen) atoms. The molecule has 0 aliphatic carbocycles. The Kier molecular flexibility index (Phi) is 5.99. The highest BCUT2D eigenvalue weighted by atomic mass is 16.5. The molecule has 5 heteroatoms. The largest absolute Gasteiger partial charge is 0.493 e. The summed E-state index contributed by atoms with van der Waals surface area (Å²) in [7, 11) is 0. The zero-order valence-corrected chi connectivity index (χ0v) is 12.1. The molecule has 5 nitrogen and oxygen atoms in total. The van der Waals surface area contributed by atoms with Gasteiger partial charge in [0, 0.05) is 5.69 Å². The van der Waals surface area contributed by atoms with E-state index in [9.17, 15) is 9.59 Å². The lowest BCUT2D eigenvalue weighted by molar-refractivity contribution is -0.124. The maximum Gasteiger partial charge on any atom is 0.243 e. The molecule has 0 aliphatic heterocycles. The number of hydrogen-bond donors (Lipinski definition) is 2. The predicted octanol–water partition coefficient (Wildman–Crippen LogP) is 2.21. The minimum atomic E-state index is -0.261. The summed E-state index contributed by atoms with van der Waals surface area (Å²) in [5.74, 6) is 0.236. The number of para-hydroxylation sites is 2. The SMILES string of the molecule is O=C(CCOc1ccccc1)NCC(=O)Nc1ccccc1. The summed E-state index contributed by atoms with van der Waals surface area (Å²) >= 11 is 0. The van der Waals surface area contributed by atoms with Crippen LogP contribution in [0.3, 0.4) is 0 Å². The number of ether oxygens (including phenoxy) is 1. The Morgan fingerprint density at radius 2 is 1.50 bits per heavy atom. The lowest BCUT2D eigenvalue weighted by atomic mass is 10.3. The number of rotatable bonds is 7. The molecule has 0 aromatic heterocycles. The van der Waals surface area contributed by atoms with Crippen LogP contribution in [0.1, 0.15) is 6.42 Å². The van der Waals surface area contributed by atoms with Crippen LogP contribution in [0.25, 0.3) is 0 Å². The molecule has 0 saturated heterocycles. The van der Waals surface area contributed by atoms with E-state index in [1.807, 2.05) is 48.5 Å². The summed E-state index contributed by atoms with van der Waals surface area (Å²) in [5, 5.41) is 5.25. The number of carbonyl (C=O) groups excluding carboxylic acids is 2. The topological polar surface area (TPSA) is 67.4 Å². The van der Waals surface area contributed by atoms with Crippen molar-refractivity contribution in [1.29, 1.82) is 0 Å². The molecule has 0 bridgehead atoms. The molecule has 0 radical (unpaired) electrons. The van der Waals surface area contributed by atoms with E-state index in [0.29, 0.717) is 5.69 Å². The molecule has 2 amide bonds. The zero-order valence-electron chi connectivity index (χ0n) is 12.1. The van der Waals surface area contributed by atoms with Gasteiger partial charge in [-0.25, -0.2) is 0 Å². The molecular weight excluding hydrogens is 280 g/mol. The summed E-state index contributed by atoms with van der Waals surface area (Å²) < 4.78 is 5.42. The van der Waals surface area contributed by atoms with Gasteiger partial charge in [-0.05, 0) is 24.3 Å². The highest BCUT2D eigenvalue weighted by Gasteiger charge is 2.06. The zero-order chi connectivity index (χ0) is 15.6. The molecule has 0 fully saturated rings. The van der Waals surface area contributed by atoms with Crippen LogP contribution >= 0.6 is 0 Å². The van der Waals surface area contributed by atoms with Gasteiger partial charge in [0.15, 0.2) is 0 Å². The van der Waals surface area contributed by atoms with Crippen LogP contribution < -0.4 is 15.4 Å². The maximum absolute atomic E-state index is 11.7. The van der Waals surface area contributed by atoms with Crippen molar-refractivity contribution in [3.05, 3.63) is 60.7 Å². The Balaban J connectivity index is 1.62.